The van der Waals surface area contributed by atoms with Crippen LogP contribution >= 0.6 is 11.6 Å². The average molecular weight is 344 g/mol. The topological polar surface area (TPSA) is 92.5 Å². The summed E-state index contributed by atoms with van der Waals surface area (Å²) in [5, 5.41) is 8.56. The molecule has 1 aromatic rings. The number of nitrogens with two attached hydrogens (primary N) is 1. The first-order chi connectivity index (χ1) is 10.3. The maximum atomic E-state index is 12.1. The molecule has 0 radical (unpaired) electrons. The molecule has 0 aliphatic carbocycles. The molecule has 1 aliphatic rings. The molecular formula is C14H18ClN3O3S. The summed E-state index contributed by atoms with van der Waals surface area (Å²) in [5.74, 6) is 0. The van der Waals surface area contributed by atoms with Crippen LogP contribution in [0.4, 0.5) is 4.79 Å². The van der Waals surface area contributed by atoms with E-state index in [1.54, 1.807) is 17.9 Å². The molecule has 1 aromatic carbocycles. The number of urea groups is 1. The third kappa shape index (κ3) is 4.22. The summed E-state index contributed by atoms with van der Waals surface area (Å²) < 4.78 is 22.6. The Kier molecular flexibility index (Phi) is 5.10. The fraction of sp³-hybridized carbons (Fsp3) is 0.357. The van der Waals surface area contributed by atoms with Gasteiger partial charge in [0.2, 0.25) is 10.0 Å². The van der Waals surface area contributed by atoms with Crippen molar-refractivity contribution in [1.29, 1.82) is 0 Å². The lowest BCUT2D eigenvalue weighted by Gasteiger charge is -2.25. The van der Waals surface area contributed by atoms with E-state index in [-0.39, 0.29) is 10.9 Å². The molecule has 8 heteroatoms. The molecule has 2 amide bonds. The normalized spacial score (nSPS) is 15.4. The molecule has 1 heterocycles. The number of benzene rings is 1. The third-order valence-electron chi connectivity index (χ3n) is 3.47. The number of halogens is 1. The van der Waals surface area contributed by atoms with Gasteiger partial charge in [-0.15, -0.1) is 0 Å². The minimum absolute atomic E-state index is 0.0630. The highest BCUT2D eigenvalue weighted by atomic mass is 35.5. The summed E-state index contributed by atoms with van der Waals surface area (Å²) in [7, 11) is -3.71. The van der Waals surface area contributed by atoms with E-state index >= 15 is 0 Å². The van der Waals surface area contributed by atoms with Gasteiger partial charge in [-0.05, 0) is 36.6 Å². The second kappa shape index (κ2) is 6.68. The Morgan fingerprint density at radius 2 is 2.18 bits per heavy atom. The molecule has 0 spiro atoms. The van der Waals surface area contributed by atoms with Crippen molar-refractivity contribution in [3.8, 4) is 0 Å². The number of rotatable bonds is 3. The number of hydrogen-bond donors (Lipinski definition) is 2. The van der Waals surface area contributed by atoms with Crippen molar-refractivity contribution in [2.45, 2.75) is 24.8 Å². The number of primary sulfonamides is 1. The maximum Gasteiger partial charge on any atom is 0.318 e. The first-order valence-corrected chi connectivity index (χ1v) is 8.69. The molecule has 0 aromatic heterocycles. The molecule has 0 fully saturated rings. The van der Waals surface area contributed by atoms with Crippen molar-refractivity contribution >= 4 is 27.7 Å². The number of amides is 2. The molecule has 22 heavy (non-hydrogen) atoms. The van der Waals surface area contributed by atoms with E-state index < -0.39 is 10.0 Å². The van der Waals surface area contributed by atoms with Crippen LogP contribution < -0.4 is 10.5 Å². The number of nitrogens with zero attached hydrogens (tertiary/aromatic N) is 1. The van der Waals surface area contributed by atoms with Gasteiger partial charge in [0.15, 0.2) is 0 Å². The van der Waals surface area contributed by atoms with Gasteiger partial charge in [-0.25, -0.2) is 18.4 Å². The highest BCUT2D eigenvalue weighted by molar-refractivity contribution is 7.89. The number of hydrogen-bond acceptors (Lipinski definition) is 3. The second-order valence-corrected chi connectivity index (χ2v) is 7.20. The lowest BCUT2D eigenvalue weighted by Crippen LogP contribution is -2.42. The third-order valence-corrected chi connectivity index (χ3v) is 4.65. The molecule has 2 rings (SSSR count). The van der Waals surface area contributed by atoms with Crippen LogP contribution in [0.15, 0.2) is 34.2 Å². The van der Waals surface area contributed by atoms with Gasteiger partial charge in [0.25, 0.3) is 0 Å². The first kappa shape index (κ1) is 16.8. The van der Waals surface area contributed by atoms with E-state index in [0.717, 1.165) is 17.5 Å². The van der Waals surface area contributed by atoms with Crippen molar-refractivity contribution in [2.24, 2.45) is 5.14 Å². The molecule has 3 N–H and O–H groups in total. The van der Waals surface area contributed by atoms with Gasteiger partial charge < -0.3 is 10.2 Å². The summed E-state index contributed by atoms with van der Waals surface area (Å²) in [4.78, 5) is 13.8. The van der Waals surface area contributed by atoms with Crippen LogP contribution in [0.2, 0.25) is 0 Å². The van der Waals surface area contributed by atoms with E-state index in [4.69, 9.17) is 16.7 Å². The van der Waals surface area contributed by atoms with Gasteiger partial charge in [-0.2, -0.15) is 0 Å². The highest BCUT2D eigenvalue weighted by Gasteiger charge is 2.17. The Morgan fingerprint density at radius 3 is 2.77 bits per heavy atom. The maximum absolute atomic E-state index is 12.1. The quantitative estimate of drug-likeness (QED) is 0.874. The molecule has 120 valence electrons. The van der Waals surface area contributed by atoms with Crippen molar-refractivity contribution < 1.29 is 13.2 Å². The largest absolute Gasteiger partial charge is 0.334 e. The lowest BCUT2D eigenvalue weighted by molar-refractivity contribution is 0.201. The minimum Gasteiger partial charge on any atom is -0.334 e. The van der Waals surface area contributed by atoms with Crippen LogP contribution in [-0.2, 0) is 16.6 Å². The Bertz CT molecular complexity index is 716. The van der Waals surface area contributed by atoms with Gasteiger partial charge in [-0.3, -0.25) is 0 Å². The van der Waals surface area contributed by atoms with Crippen LogP contribution in [0.5, 0.6) is 0 Å². The lowest BCUT2D eigenvalue weighted by atomic mass is 10.1. The smallest absolute Gasteiger partial charge is 0.318 e. The minimum atomic E-state index is -3.71. The summed E-state index contributed by atoms with van der Waals surface area (Å²) in [6.07, 6.45) is 2.65. The Balaban J connectivity index is 2.00. The number of sulfonamides is 1. The first-order valence-electron chi connectivity index (χ1n) is 6.77. The summed E-state index contributed by atoms with van der Waals surface area (Å²) in [6.45, 7) is 3.13. The van der Waals surface area contributed by atoms with Gasteiger partial charge in [-0.1, -0.05) is 23.7 Å². The summed E-state index contributed by atoms with van der Waals surface area (Å²) in [6, 6.07) is 4.39. The predicted octanol–water partition coefficient (Wildman–Crippen LogP) is 1.68. The van der Waals surface area contributed by atoms with Gasteiger partial charge in [0, 0.05) is 18.1 Å². The number of aryl methyl sites for hydroxylation is 1. The summed E-state index contributed by atoms with van der Waals surface area (Å²) in [5.41, 5.74) is 1.59. The standard InChI is InChI=1S/C14H18ClN3O3S/c1-10-7-13(22(16,20)21)5-4-11(10)8-17-14(19)18-6-2-3-12(15)9-18/h3-5,7H,2,6,8-9H2,1H3,(H,17,19)(H2,16,20,21). The Hall–Kier alpha value is -1.57. The number of carbonyl (C=O) groups excluding carboxylic acids is 1. The molecule has 0 atom stereocenters. The van der Waals surface area contributed by atoms with Crippen LogP contribution in [0.25, 0.3) is 0 Å². The molecule has 0 bridgehead atoms. The zero-order chi connectivity index (χ0) is 16.3. The summed E-state index contributed by atoms with van der Waals surface area (Å²) >= 11 is 5.93. The highest BCUT2D eigenvalue weighted by Crippen LogP contribution is 2.15. The molecule has 1 aliphatic heterocycles. The van der Waals surface area contributed by atoms with Gasteiger partial charge in [0.1, 0.15) is 0 Å². The van der Waals surface area contributed by atoms with Crippen LogP contribution in [0.1, 0.15) is 17.5 Å². The molecular weight excluding hydrogens is 326 g/mol. The molecule has 0 unspecified atom stereocenters. The van der Waals surface area contributed by atoms with Crippen LogP contribution in [-0.4, -0.2) is 32.4 Å². The molecule has 0 saturated carbocycles. The van der Waals surface area contributed by atoms with Crippen molar-refractivity contribution in [3.05, 3.63) is 40.4 Å². The SMILES string of the molecule is Cc1cc(S(N)(=O)=O)ccc1CNC(=O)N1CCC=C(Cl)C1. The van der Waals surface area contributed by atoms with E-state index in [2.05, 4.69) is 5.32 Å². The zero-order valence-corrected chi connectivity index (χ0v) is 13.7. The van der Waals surface area contributed by atoms with Crippen molar-refractivity contribution in [2.75, 3.05) is 13.1 Å². The number of carbonyl (C=O) groups is 1. The van der Waals surface area contributed by atoms with Crippen molar-refractivity contribution in [3.63, 3.8) is 0 Å². The fourth-order valence-electron chi connectivity index (χ4n) is 2.20. The monoisotopic (exact) mass is 343 g/mol. The van der Waals surface area contributed by atoms with Crippen LogP contribution in [0, 0.1) is 6.92 Å². The van der Waals surface area contributed by atoms with E-state index in [1.807, 2.05) is 6.08 Å². The average Bonchev–Trinajstić information content (AvgIpc) is 2.44. The van der Waals surface area contributed by atoms with E-state index in [0.29, 0.717) is 24.7 Å². The zero-order valence-electron chi connectivity index (χ0n) is 12.2. The molecule has 6 nitrogen and oxygen atoms in total. The van der Waals surface area contributed by atoms with Crippen LogP contribution in [0.3, 0.4) is 0 Å². The van der Waals surface area contributed by atoms with Gasteiger partial charge >= 0.3 is 6.03 Å². The fourth-order valence-corrected chi connectivity index (χ4v) is 3.05. The molecule has 0 saturated heterocycles. The van der Waals surface area contributed by atoms with Crippen molar-refractivity contribution in [1.82, 2.24) is 10.2 Å². The second-order valence-electron chi connectivity index (χ2n) is 5.15. The van der Waals surface area contributed by atoms with E-state index in [9.17, 15) is 13.2 Å². The van der Waals surface area contributed by atoms with E-state index in [1.165, 1.54) is 12.1 Å². The predicted molar refractivity (Wildman–Crippen MR) is 84.9 cm³/mol. The Morgan fingerprint density at radius 1 is 1.45 bits per heavy atom. The number of nitrogens with one attached hydrogen (secondary N) is 1. The Labute approximate surface area is 135 Å². The van der Waals surface area contributed by atoms with Gasteiger partial charge in [0.05, 0.1) is 11.4 Å².